The lowest BCUT2D eigenvalue weighted by atomic mass is 9.96. The Morgan fingerprint density at radius 1 is 1.38 bits per heavy atom. The molecule has 0 aliphatic carbocycles. The smallest absolute Gasteiger partial charge is 0.210 e. The number of benzene rings is 1. The molecule has 4 N–H and O–H groups in total. The number of phenols is 1. The predicted octanol–water partition coefficient (Wildman–Crippen LogP) is 1.15. The summed E-state index contributed by atoms with van der Waals surface area (Å²) in [5, 5.41) is 39.2. The van der Waals surface area contributed by atoms with Gasteiger partial charge in [0.05, 0.1) is 12.7 Å². The van der Waals surface area contributed by atoms with Crippen LogP contribution in [0, 0.1) is 0 Å². The van der Waals surface area contributed by atoms with Crippen LogP contribution in [-0.2, 0) is 9.53 Å². The fourth-order valence-electron chi connectivity index (χ4n) is 2.71. The van der Waals surface area contributed by atoms with Crippen LogP contribution < -0.4 is 4.74 Å². The van der Waals surface area contributed by atoms with Crippen molar-refractivity contribution in [1.29, 1.82) is 0 Å². The highest BCUT2D eigenvalue weighted by atomic mass is 16.7. The molecule has 4 atom stereocenters. The number of aliphatic hydroxyl groups is 3. The van der Waals surface area contributed by atoms with E-state index < -0.39 is 30.7 Å². The maximum absolute atomic E-state index is 10.8. The summed E-state index contributed by atoms with van der Waals surface area (Å²) in [5.41, 5.74) is 0.696. The van der Waals surface area contributed by atoms with Gasteiger partial charge in [-0.3, -0.25) is 4.79 Å². The van der Waals surface area contributed by atoms with E-state index >= 15 is 0 Å². The molecule has 0 aromatic heterocycles. The van der Waals surface area contributed by atoms with Gasteiger partial charge in [0.2, 0.25) is 5.79 Å². The standard InChI is InChI=1S/C19H24O7/c1-12(21)5-3-4-6-13-7-8-16(14(22)9-13)25-19(2)10-15(23)18(24)17(11-20)26-19/h3-9,15,17-18,20,22-24H,10-11H2,1-2H3/b5-3+,6-4+/t15?,17?,18-,19+/m0/s1. The number of hydrogen-bond acceptors (Lipinski definition) is 7. The molecule has 1 aliphatic heterocycles. The number of carbonyl (C=O) groups is 1. The van der Waals surface area contributed by atoms with Crippen molar-refractivity contribution in [3.8, 4) is 11.5 Å². The minimum Gasteiger partial charge on any atom is -0.504 e. The van der Waals surface area contributed by atoms with E-state index in [9.17, 15) is 25.2 Å². The van der Waals surface area contributed by atoms with Crippen LogP contribution in [0.5, 0.6) is 11.5 Å². The van der Waals surface area contributed by atoms with Crippen LogP contribution >= 0.6 is 0 Å². The highest BCUT2D eigenvalue weighted by Crippen LogP contribution is 2.36. The van der Waals surface area contributed by atoms with Crippen molar-refractivity contribution in [2.24, 2.45) is 0 Å². The van der Waals surface area contributed by atoms with Crippen LogP contribution in [0.3, 0.4) is 0 Å². The fourth-order valence-corrected chi connectivity index (χ4v) is 2.71. The first-order valence-corrected chi connectivity index (χ1v) is 8.26. The lowest BCUT2D eigenvalue weighted by Gasteiger charge is -2.42. The second kappa shape index (κ2) is 8.46. The molecule has 0 spiro atoms. The lowest BCUT2D eigenvalue weighted by molar-refractivity contribution is -0.284. The molecule has 1 fully saturated rings. The molecule has 2 unspecified atom stereocenters. The maximum Gasteiger partial charge on any atom is 0.210 e. The summed E-state index contributed by atoms with van der Waals surface area (Å²) in [5.74, 6) is -1.36. The van der Waals surface area contributed by atoms with Gasteiger partial charge in [-0.25, -0.2) is 0 Å². The molecule has 1 heterocycles. The van der Waals surface area contributed by atoms with Crippen molar-refractivity contribution in [2.75, 3.05) is 6.61 Å². The Labute approximate surface area is 151 Å². The zero-order valence-electron chi connectivity index (χ0n) is 14.7. The average Bonchev–Trinajstić information content (AvgIpc) is 2.57. The number of ether oxygens (including phenoxy) is 2. The molecule has 7 nitrogen and oxygen atoms in total. The molecular weight excluding hydrogens is 340 g/mol. The van der Waals surface area contributed by atoms with Crippen molar-refractivity contribution in [3.63, 3.8) is 0 Å². The van der Waals surface area contributed by atoms with E-state index in [-0.39, 0.29) is 23.7 Å². The third-order valence-corrected chi connectivity index (χ3v) is 3.98. The Bertz CT molecular complexity index is 697. The van der Waals surface area contributed by atoms with Crippen LogP contribution in [-0.4, -0.2) is 56.9 Å². The van der Waals surface area contributed by atoms with E-state index in [1.165, 1.54) is 19.1 Å². The first-order valence-electron chi connectivity index (χ1n) is 8.26. The molecule has 26 heavy (non-hydrogen) atoms. The number of carbonyl (C=O) groups excluding carboxylic acids is 1. The van der Waals surface area contributed by atoms with Gasteiger partial charge in [0.1, 0.15) is 12.2 Å². The molecule has 0 saturated carbocycles. The third-order valence-electron chi connectivity index (χ3n) is 3.98. The van der Waals surface area contributed by atoms with E-state index in [0.717, 1.165) is 0 Å². The first-order chi connectivity index (χ1) is 12.2. The Kier molecular flexibility index (Phi) is 6.55. The summed E-state index contributed by atoms with van der Waals surface area (Å²) in [7, 11) is 0. The van der Waals surface area contributed by atoms with Gasteiger partial charge in [-0.1, -0.05) is 24.3 Å². The van der Waals surface area contributed by atoms with E-state index in [2.05, 4.69) is 0 Å². The third kappa shape index (κ3) is 5.15. The summed E-state index contributed by atoms with van der Waals surface area (Å²) in [6.07, 6.45) is 3.07. The molecule has 1 saturated heterocycles. The van der Waals surface area contributed by atoms with Crippen LogP contribution in [0.15, 0.2) is 36.4 Å². The number of aliphatic hydroxyl groups excluding tert-OH is 3. The van der Waals surface area contributed by atoms with Crippen LogP contribution in [0.25, 0.3) is 6.08 Å². The van der Waals surface area contributed by atoms with Crippen molar-refractivity contribution in [3.05, 3.63) is 42.0 Å². The normalized spacial score (nSPS) is 29.3. The number of ketones is 1. The van der Waals surface area contributed by atoms with Crippen molar-refractivity contribution < 1.29 is 34.7 Å². The number of rotatable bonds is 6. The summed E-state index contributed by atoms with van der Waals surface area (Å²) in [6, 6.07) is 4.73. The Morgan fingerprint density at radius 2 is 2.12 bits per heavy atom. The molecule has 1 aromatic carbocycles. The molecule has 1 aliphatic rings. The monoisotopic (exact) mass is 364 g/mol. The molecule has 7 heteroatoms. The van der Waals surface area contributed by atoms with Crippen LogP contribution in [0.2, 0.25) is 0 Å². The number of allylic oxidation sites excluding steroid dienone is 3. The van der Waals surface area contributed by atoms with Gasteiger partial charge in [-0.15, -0.1) is 0 Å². The van der Waals surface area contributed by atoms with E-state index in [4.69, 9.17) is 9.47 Å². The highest BCUT2D eigenvalue weighted by molar-refractivity contribution is 5.87. The summed E-state index contributed by atoms with van der Waals surface area (Å²) >= 11 is 0. The first kappa shape index (κ1) is 20.1. The highest BCUT2D eigenvalue weighted by Gasteiger charge is 2.45. The number of phenolic OH excluding ortho intramolecular Hbond substituents is 1. The van der Waals surface area contributed by atoms with Crippen LogP contribution in [0.4, 0.5) is 0 Å². The van der Waals surface area contributed by atoms with Gasteiger partial charge >= 0.3 is 0 Å². The minimum absolute atomic E-state index is 0.0262. The van der Waals surface area contributed by atoms with Gasteiger partial charge < -0.3 is 29.9 Å². The Hall–Kier alpha value is -2.19. The summed E-state index contributed by atoms with van der Waals surface area (Å²) in [4.78, 5) is 10.8. The van der Waals surface area contributed by atoms with Crippen molar-refractivity contribution in [2.45, 2.75) is 44.4 Å². The van der Waals surface area contributed by atoms with Gasteiger partial charge in [0.25, 0.3) is 0 Å². The topological polar surface area (TPSA) is 116 Å². The number of aromatic hydroxyl groups is 1. The molecule has 2 rings (SSSR count). The molecule has 0 amide bonds. The summed E-state index contributed by atoms with van der Waals surface area (Å²) in [6.45, 7) is 2.54. The SMILES string of the molecule is CC(=O)/C=C/C=C/c1ccc(O[C@@]2(C)CC(O)[C@H](O)C(CO)O2)c(O)c1. The van der Waals surface area contributed by atoms with E-state index in [1.807, 2.05) is 0 Å². The average molecular weight is 364 g/mol. The second-order valence-electron chi connectivity index (χ2n) is 6.39. The van der Waals surface area contributed by atoms with Crippen molar-refractivity contribution >= 4 is 11.9 Å². The van der Waals surface area contributed by atoms with Gasteiger partial charge in [0.15, 0.2) is 17.3 Å². The number of hydrogen-bond donors (Lipinski definition) is 4. The zero-order chi connectivity index (χ0) is 19.3. The fraction of sp³-hybridized carbons (Fsp3) is 0.421. The van der Waals surface area contributed by atoms with Gasteiger partial charge in [-0.05, 0) is 30.7 Å². The Morgan fingerprint density at radius 3 is 2.73 bits per heavy atom. The maximum atomic E-state index is 10.8. The van der Waals surface area contributed by atoms with Gasteiger partial charge in [-0.2, -0.15) is 0 Å². The predicted molar refractivity (Wildman–Crippen MR) is 94.6 cm³/mol. The molecular formula is C19H24O7. The molecule has 0 radical (unpaired) electrons. The molecule has 142 valence electrons. The largest absolute Gasteiger partial charge is 0.504 e. The van der Waals surface area contributed by atoms with Crippen molar-refractivity contribution in [1.82, 2.24) is 0 Å². The quantitative estimate of drug-likeness (QED) is 0.442. The zero-order valence-corrected chi connectivity index (χ0v) is 14.7. The lowest BCUT2D eigenvalue weighted by Crippen LogP contribution is -2.56. The summed E-state index contributed by atoms with van der Waals surface area (Å²) < 4.78 is 11.2. The van der Waals surface area contributed by atoms with E-state index in [0.29, 0.717) is 5.56 Å². The minimum atomic E-state index is -1.31. The Balaban J connectivity index is 2.11. The molecule has 1 aromatic rings. The molecule has 0 bridgehead atoms. The second-order valence-corrected chi connectivity index (χ2v) is 6.39. The van der Waals surface area contributed by atoms with Gasteiger partial charge in [0, 0.05) is 13.3 Å². The van der Waals surface area contributed by atoms with E-state index in [1.54, 1.807) is 37.3 Å². The van der Waals surface area contributed by atoms with Crippen LogP contribution in [0.1, 0.15) is 25.8 Å².